The van der Waals surface area contributed by atoms with Gasteiger partial charge in [-0.15, -0.1) is 24.0 Å². The molecule has 0 radical (unpaired) electrons. The Kier molecular flexibility index (Phi) is 5.47. The highest BCUT2D eigenvalue weighted by Crippen LogP contribution is 2.40. The van der Waals surface area contributed by atoms with E-state index in [1.54, 1.807) is 0 Å². The zero-order valence-electron chi connectivity index (χ0n) is 10.7. The normalized spacial score (nSPS) is 16.7. The van der Waals surface area contributed by atoms with E-state index in [1.807, 2.05) is 13.0 Å². The van der Waals surface area contributed by atoms with Crippen LogP contribution < -0.4 is 11.1 Å². The highest BCUT2D eigenvalue weighted by Gasteiger charge is 2.26. The quantitative estimate of drug-likeness (QED) is 0.747. The fourth-order valence-corrected chi connectivity index (χ4v) is 2.59. The first-order valence-electron chi connectivity index (χ1n) is 5.97. The summed E-state index contributed by atoms with van der Waals surface area (Å²) in [6.45, 7) is 2.28. The first-order chi connectivity index (χ1) is 8.54. The third kappa shape index (κ3) is 3.14. The molecule has 0 fully saturated rings. The lowest BCUT2D eigenvalue weighted by Crippen LogP contribution is -2.24. The van der Waals surface area contributed by atoms with Crippen molar-refractivity contribution in [2.45, 2.75) is 32.4 Å². The predicted molar refractivity (Wildman–Crippen MR) is 77.9 cm³/mol. The molecule has 0 saturated carbocycles. The van der Waals surface area contributed by atoms with Crippen molar-refractivity contribution in [3.63, 3.8) is 0 Å². The van der Waals surface area contributed by atoms with Gasteiger partial charge in [-0.05, 0) is 30.9 Å². The molecule has 2 rings (SSSR count). The van der Waals surface area contributed by atoms with E-state index in [4.69, 9.17) is 17.3 Å². The van der Waals surface area contributed by atoms with Gasteiger partial charge in [-0.25, -0.2) is 0 Å². The van der Waals surface area contributed by atoms with Crippen molar-refractivity contribution in [3.05, 3.63) is 28.3 Å². The molecule has 0 aromatic heterocycles. The lowest BCUT2D eigenvalue weighted by molar-refractivity contribution is -0.118. The SMILES string of the molecule is Cc1cc(CNC(=O)CCl)c(O)c2c1CCC2N.Cl. The van der Waals surface area contributed by atoms with Crippen LogP contribution in [0.5, 0.6) is 5.75 Å². The summed E-state index contributed by atoms with van der Waals surface area (Å²) < 4.78 is 0. The number of aromatic hydroxyl groups is 1. The molecule has 4 nitrogen and oxygen atoms in total. The summed E-state index contributed by atoms with van der Waals surface area (Å²) in [6.07, 6.45) is 1.77. The van der Waals surface area contributed by atoms with Gasteiger partial charge in [0.15, 0.2) is 0 Å². The Labute approximate surface area is 123 Å². The molecular weight excluding hydrogens is 287 g/mol. The number of hydrogen-bond donors (Lipinski definition) is 3. The second kappa shape index (κ2) is 6.46. The fourth-order valence-electron chi connectivity index (χ4n) is 2.50. The van der Waals surface area contributed by atoms with Crippen molar-refractivity contribution in [3.8, 4) is 5.75 Å². The average molecular weight is 305 g/mol. The Balaban J connectivity index is 0.00000180. The molecular formula is C13H18Cl2N2O2. The molecule has 1 unspecified atom stereocenters. The predicted octanol–water partition coefficient (Wildman–Crippen LogP) is 1.92. The van der Waals surface area contributed by atoms with Crippen LogP contribution in [0.2, 0.25) is 0 Å². The van der Waals surface area contributed by atoms with Gasteiger partial charge in [-0.1, -0.05) is 6.07 Å². The minimum absolute atomic E-state index is 0. The monoisotopic (exact) mass is 304 g/mol. The number of aryl methyl sites for hydroxylation is 1. The minimum atomic E-state index is -0.251. The first kappa shape index (κ1) is 16.1. The lowest BCUT2D eigenvalue weighted by atomic mass is 9.98. The number of fused-ring (bicyclic) bond motifs is 1. The van der Waals surface area contributed by atoms with Crippen molar-refractivity contribution in [2.24, 2.45) is 5.73 Å². The van der Waals surface area contributed by atoms with E-state index in [2.05, 4.69) is 5.32 Å². The van der Waals surface area contributed by atoms with E-state index in [1.165, 1.54) is 0 Å². The maximum atomic E-state index is 11.1. The highest BCUT2D eigenvalue weighted by molar-refractivity contribution is 6.27. The Morgan fingerprint density at radius 1 is 1.63 bits per heavy atom. The van der Waals surface area contributed by atoms with Crippen LogP contribution in [-0.4, -0.2) is 16.9 Å². The molecule has 1 aromatic carbocycles. The van der Waals surface area contributed by atoms with Crippen LogP contribution in [0.4, 0.5) is 0 Å². The Bertz CT molecular complexity index is 492. The molecule has 0 bridgehead atoms. The number of halogens is 2. The van der Waals surface area contributed by atoms with Crippen LogP contribution in [0.1, 0.15) is 34.7 Å². The maximum absolute atomic E-state index is 11.1. The van der Waals surface area contributed by atoms with Crippen LogP contribution in [0, 0.1) is 6.92 Å². The molecule has 0 saturated heterocycles. The summed E-state index contributed by atoms with van der Waals surface area (Å²) in [5.74, 6) is -0.113. The van der Waals surface area contributed by atoms with Gasteiger partial charge in [0.2, 0.25) is 5.91 Å². The summed E-state index contributed by atoms with van der Waals surface area (Å²) in [7, 11) is 0. The summed E-state index contributed by atoms with van der Waals surface area (Å²) in [5.41, 5.74) is 9.80. The van der Waals surface area contributed by atoms with Crippen LogP contribution >= 0.6 is 24.0 Å². The van der Waals surface area contributed by atoms with Gasteiger partial charge in [0.1, 0.15) is 11.6 Å². The van der Waals surface area contributed by atoms with Gasteiger partial charge in [0.25, 0.3) is 0 Å². The molecule has 0 heterocycles. The topological polar surface area (TPSA) is 75.3 Å². The molecule has 0 spiro atoms. The Hall–Kier alpha value is -0.970. The lowest BCUT2D eigenvalue weighted by Gasteiger charge is -2.15. The number of nitrogens with two attached hydrogens (primary N) is 1. The van der Waals surface area contributed by atoms with Crippen molar-refractivity contribution in [1.29, 1.82) is 0 Å². The van der Waals surface area contributed by atoms with E-state index in [0.29, 0.717) is 5.56 Å². The number of benzene rings is 1. The number of hydrogen-bond acceptors (Lipinski definition) is 3. The molecule has 4 N–H and O–H groups in total. The van der Waals surface area contributed by atoms with Gasteiger partial charge < -0.3 is 16.2 Å². The van der Waals surface area contributed by atoms with Crippen LogP contribution in [-0.2, 0) is 17.8 Å². The van der Waals surface area contributed by atoms with Crippen LogP contribution in [0.25, 0.3) is 0 Å². The molecule has 19 heavy (non-hydrogen) atoms. The summed E-state index contributed by atoms with van der Waals surface area (Å²) in [6, 6.07) is 1.79. The number of carbonyl (C=O) groups excluding carboxylic acids is 1. The average Bonchev–Trinajstić information content (AvgIpc) is 2.74. The minimum Gasteiger partial charge on any atom is -0.507 e. The Morgan fingerprint density at radius 2 is 2.32 bits per heavy atom. The number of phenols is 1. The van der Waals surface area contributed by atoms with Crippen molar-refractivity contribution < 1.29 is 9.90 Å². The van der Waals surface area contributed by atoms with Crippen LogP contribution in [0.3, 0.4) is 0 Å². The molecule has 6 heteroatoms. The van der Waals surface area contributed by atoms with Crippen LogP contribution in [0.15, 0.2) is 6.07 Å². The molecule has 1 aromatic rings. The van der Waals surface area contributed by atoms with E-state index in [0.717, 1.165) is 29.5 Å². The van der Waals surface area contributed by atoms with Gasteiger partial charge in [-0.3, -0.25) is 4.79 Å². The third-order valence-electron chi connectivity index (χ3n) is 3.42. The van der Waals surface area contributed by atoms with Crippen molar-refractivity contribution in [2.75, 3.05) is 5.88 Å². The number of carbonyl (C=O) groups is 1. The van der Waals surface area contributed by atoms with E-state index in [-0.39, 0.29) is 42.5 Å². The largest absolute Gasteiger partial charge is 0.507 e. The fraction of sp³-hybridized carbons (Fsp3) is 0.462. The van der Waals surface area contributed by atoms with Gasteiger partial charge in [-0.2, -0.15) is 0 Å². The van der Waals surface area contributed by atoms with Gasteiger partial charge >= 0.3 is 0 Å². The zero-order chi connectivity index (χ0) is 13.3. The number of alkyl halides is 1. The summed E-state index contributed by atoms with van der Waals surface area (Å²) >= 11 is 5.41. The van der Waals surface area contributed by atoms with Crippen molar-refractivity contribution in [1.82, 2.24) is 5.32 Å². The van der Waals surface area contributed by atoms with Gasteiger partial charge in [0, 0.05) is 23.7 Å². The first-order valence-corrected chi connectivity index (χ1v) is 6.50. The number of amides is 1. The standard InChI is InChI=1S/C13H17ClN2O2.ClH/c1-7-4-8(6-16-11(17)5-14)13(18)12-9(7)2-3-10(12)15;/h4,10,18H,2-3,5-6,15H2,1H3,(H,16,17);1H. The number of rotatable bonds is 3. The molecule has 1 atom stereocenters. The van der Waals surface area contributed by atoms with E-state index in [9.17, 15) is 9.90 Å². The van der Waals surface area contributed by atoms with Gasteiger partial charge in [0.05, 0.1) is 0 Å². The highest BCUT2D eigenvalue weighted by atomic mass is 35.5. The number of phenolic OH excluding ortho intramolecular Hbond substituents is 1. The molecule has 1 amide bonds. The molecule has 0 aliphatic heterocycles. The smallest absolute Gasteiger partial charge is 0.235 e. The second-order valence-electron chi connectivity index (χ2n) is 4.65. The summed E-state index contributed by atoms with van der Waals surface area (Å²) in [4.78, 5) is 11.1. The van der Waals surface area contributed by atoms with E-state index < -0.39 is 0 Å². The second-order valence-corrected chi connectivity index (χ2v) is 4.92. The Morgan fingerprint density at radius 3 is 2.95 bits per heavy atom. The summed E-state index contributed by atoms with van der Waals surface area (Å²) in [5, 5.41) is 12.9. The molecule has 1 aliphatic rings. The molecule has 1 aliphatic carbocycles. The maximum Gasteiger partial charge on any atom is 0.235 e. The van der Waals surface area contributed by atoms with Crippen molar-refractivity contribution >= 4 is 29.9 Å². The molecule has 106 valence electrons. The third-order valence-corrected chi connectivity index (χ3v) is 3.67. The number of nitrogens with one attached hydrogen (secondary N) is 1. The zero-order valence-corrected chi connectivity index (χ0v) is 12.3. The van der Waals surface area contributed by atoms with E-state index >= 15 is 0 Å².